The van der Waals surface area contributed by atoms with Gasteiger partial charge in [-0.2, -0.15) is 0 Å². The number of benzene rings is 2. The van der Waals surface area contributed by atoms with Crippen LogP contribution >= 0.6 is 24.0 Å². The van der Waals surface area contributed by atoms with Crippen molar-refractivity contribution in [3.8, 4) is 5.75 Å². The molecule has 0 saturated carbocycles. The topological polar surface area (TPSA) is 66.8 Å². The first-order valence-electron chi connectivity index (χ1n) is 7.71. The number of methoxy groups -OCH3 is 1. The van der Waals surface area contributed by atoms with Crippen molar-refractivity contribution < 1.29 is 19.4 Å². The lowest BCUT2D eigenvalue weighted by Crippen LogP contribution is -2.27. The van der Waals surface area contributed by atoms with Crippen LogP contribution in [0, 0.1) is 0 Å². The standard InChI is InChI=1S/C19H15NO4S2/c1-24-15-5-3-2-4-13(15)11-16-18(23)20(19(25)26-16)14-8-6-12(7-9-14)10-17(21)22/h2-9,11H,10H2,1H3,(H,21,22)/b16-11-. The van der Waals surface area contributed by atoms with Gasteiger partial charge >= 0.3 is 5.97 Å². The molecule has 26 heavy (non-hydrogen) atoms. The number of carboxylic acid groups (broad SMARTS) is 1. The molecule has 5 nitrogen and oxygen atoms in total. The van der Waals surface area contributed by atoms with Crippen LogP contribution in [-0.2, 0) is 16.0 Å². The lowest BCUT2D eigenvalue weighted by atomic mass is 10.1. The number of carboxylic acids is 1. The number of thioether (sulfide) groups is 1. The zero-order valence-electron chi connectivity index (χ0n) is 13.8. The maximum Gasteiger partial charge on any atom is 0.307 e. The van der Waals surface area contributed by atoms with Gasteiger partial charge in [-0.3, -0.25) is 14.5 Å². The molecule has 1 fully saturated rings. The van der Waals surface area contributed by atoms with Gasteiger partial charge < -0.3 is 9.84 Å². The summed E-state index contributed by atoms with van der Waals surface area (Å²) < 4.78 is 5.75. The van der Waals surface area contributed by atoms with E-state index in [4.69, 9.17) is 22.1 Å². The molecule has 2 aromatic rings. The number of thiocarbonyl (C=S) groups is 1. The Bertz CT molecular complexity index is 906. The third kappa shape index (κ3) is 3.79. The highest BCUT2D eigenvalue weighted by Gasteiger charge is 2.33. The van der Waals surface area contributed by atoms with Crippen LogP contribution in [0.25, 0.3) is 6.08 Å². The molecular formula is C19H15NO4S2. The zero-order valence-corrected chi connectivity index (χ0v) is 15.5. The van der Waals surface area contributed by atoms with Gasteiger partial charge in [-0.1, -0.05) is 54.3 Å². The second-order valence-electron chi connectivity index (χ2n) is 5.50. The Morgan fingerprint density at radius 3 is 2.58 bits per heavy atom. The van der Waals surface area contributed by atoms with Gasteiger partial charge in [-0.25, -0.2) is 0 Å². The molecular weight excluding hydrogens is 370 g/mol. The lowest BCUT2D eigenvalue weighted by molar-refractivity contribution is -0.136. The second kappa shape index (κ2) is 7.72. The van der Waals surface area contributed by atoms with E-state index in [2.05, 4.69) is 0 Å². The molecule has 1 aliphatic heterocycles. The molecule has 0 radical (unpaired) electrons. The molecule has 1 saturated heterocycles. The minimum absolute atomic E-state index is 0.0631. The van der Waals surface area contributed by atoms with E-state index in [0.717, 1.165) is 5.56 Å². The molecule has 0 aliphatic carbocycles. The minimum Gasteiger partial charge on any atom is -0.496 e. The van der Waals surface area contributed by atoms with Crippen molar-refractivity contribution in [3.63, 3.8) is 0 Å². The monoisotopic (exact) mass is 385 g/mol. The Morgan fingerprint density at radius 2 is 1.92 bits per heavy atom. The Kier molecular flexibility index (Phi) is 5.39. The van der Waals surface area contributed by atoms with Crippen LogP contribution in [0.4, 0.5) is 5.69 Å². The van der Waals surface area contributed by atoms with Crippen LogP contribution < -0.4 is 9.64 Å². The first-order valence-corrected chi connectivity index (χ1v) is 8.94. The van der Waals surface area contributed by atoms with Crippen molar-refractivity contribution in [2.45, 2.75) is 6.42 Å². The van der Waals surface area contributed by atoms with E-state index >= 15 is 0 Å². The van der Waals surface area contributed by atoms with Crippen molar-refractivity contribution in [2.24, 2.45) is 0 Å². The van der Waals surface area contributed by atoms with E-state index < -0.39 is 5.97 Å². The number of para-hydroxylation sites is 1. The quantitative estimate of drug-likeness (QED) is 0.625. The third-order valence-electron chi connectivity index (χ3n) is 3.77. The number of hydrogen-bond donors (Lipinski definition) is 1. The number of rotatable bonds is 5. The van der Waals surface area contributed by atoms with Crippen molar-refractivity contribution in [1.82, 2.24) is 0 Å². The van der Waals surface area contributed by atoms with Crippen LogP contribution in [0.1, 0.15) is 11.1 Å². The highest BCUT2D eigenvalue weighted by atomic mass is 32.2. The number of aliphatic carboxylic acids is 1. The average Bonchev–Trinajstić information content (AvgIpc) is 2.89. The van der Waals surface area contributed by atoms with Gasteiger partial charge in [0.15, 0.2) is 4.32 Å². The van der Waals surface area contributed by atoms with Crippen LogP contribution in [0.15, 0.2) is 53.4 Å². The normalized spacial score (nSPS) is 15.6. The van der Waals surface area contributed by atoms with E-state index in [1.54, 1.807) is 37.5 Å². The van der Waals surface area contributed by atoms with E-state index in [1.807, 2.05) is 24.3 Å². The SMILES string of the molecule is COc1ccccc1/C=C1\SC(=S)N(c2ccc(CC(=O)O)cc2)C1=O. The largest absolute Gasteiger partial charge is 0.496 e. The first-order chi connectivity index (χ1) is 12.5. The van der Waals surface area contributed by atoms with Crippen LogP contribution in [-0.4, -0.2) is 28.4 Å². The Labute approximate surface area is 160 Å². The summed E-state index contributed by atoms with van der Waals surface area (Å²) in [5.41, 5.74) is 2.08. The number of amides is 1. The first kappa shape index (κ1) is 18.2. The molecule has 1 heterocycles. The minimum atomic E-state index is -0.900. The fourth-order valence-corrected chi connectivity index (χ4v) is 3.84. The lowest BCUT2D eigenvalue weighted by Gasteiger charge is -2.14. The Balaban J connectivity index is 1.87. The van der Waals surface area contributed by atoms with E-state index in [9.17, 15) is 9.59 Å². The molecule has 7 heteroatoms. The maximum atomic E-state index is 12.8. The summed E-state index contributed by atoms with van der Waals surface area (Å²) in [4.78, 5) is 25.5. The summed E-state index contributed by atoms with van der Waals surface area (Å²) in [5, 5.41) is 8.84. The highest BCUT2D eigenvalue weighted by molar-refractivity contribution is 8.27. The summed E-state index contributed by atoms with van der Waals surface area (Å²) in [6, 6.07) is 14.2. The van der Waals surface area contributed by atoms with Gasteiger partial charge in [0.1, 0.15) is 5.75 Å². The fraction of sp³-hybridized carbons (Fsp3) is 0.105. The molecule has 3 rings (SSSR count). The van der Waals surface area contributed by atoms with Gasteiger partial charge in [0.05, 0.1) is 24.1 Å². The number of anilines is 1. The van der Waals surface area contributed by atoms with Gasteiger partial charge in [-0.05, 0) is 29.8 Å². The molecule has 0 unspecified atom stereocenters. The smallest absolute Gasteiger partial charge is 0.307 e. The average molecular weight is 385 g/mol. The summed E-state index contributed by atoms with van der Waals surface area (Å²) in [7, 11) is 1.58. The number of nitrogens with zero attached hydrogens (tertiary/aromatic N) is 1. The molecule has 132 valence electrons. The van der Waals surface area contributed by atoms with Crippen LogP contribution in [0.5, 0.6) is 5.75 Å². The number of ether oxygens (including phenoxy) is 1. The summed E-state index contributed by atoms with van der Waals surface area (Å²) >= 11 is 6.58. The summed E-state index contributed by atoms with van der Waals surface area (Å²) in [6.45, 7) is 0. The van der Waals surface area contributed by atoms with E-state index in [-0.39, 0.29) is 12.3 Å². The van der Waals surface area contributed by atoms with Gasteiger partial charge in [0, 0.05) is 5.56 Å². The van der Waals surface area contributed by atoms with Gasteiger partial charge in [0.25, 0.3) is 5.91 Å². The predicted octanol–water partition coefficient (Wildman–Crippen LogP) is 3.73. The molecule has 0 aromatic heterocycles. The number of carbonyl (C=O) groups excluding carboxylic acids is 1. The molecule has 2 aromatic carbocycles. The van der Waals surface area contributed by atoms with Gasteiger partial charge in [-0.15, -0.1) is 0 Å². The molecule has 0 bridgehead atoms. The van der Waals surface area contributed by atoms with Crippen molar-refractivity contribution >= 4 is 51.9 Å². The number of carbonyl (C=O) groups is 2. The molecule has 0 atom stereocenters. The fourth-order valence-electron chi connectivity index (χ4n) is 2.55. The summed E-state index contributed by atoms with van der Waals surface area (Å²) in [6.07, 6.45) is 1.70. The van der Waals surface area contributed by atoms with E-state index in [1.165, 1.54) is 16.7 Å². The van der Waals surface area contributed by atoms with Gasteiger partial charge in [0.2, 0.25) is 0 Å². The Hall–Kier alpha value is -2.64. The third-order valence-corrected chi connectivity index (χ3v) is 5.07. The number of hydrogen-bond acceptors (Lipinski definition) is 5. The van der Waals surface area contributed by atoms with Crippen molar-refractivity contribution in [1.29, 1.82) is 0 Å². The van der Waals surface area contributed by atoms with Crippen LogP contribution in [0.3, 0.4) is 0 Å². The molecule has 1 amide bonds. The maximum absolute atomic E-state index is 12.8. The highest BCUT2D eigenvalue weighted by Crippen LogP contribution is 2.37. The second-order valence-corrected chi connectivity index (χ2v) is 7.17. The van der Waals surface area contributed by atoms with Crippen LogP contribution in [0.2, 0.25) is 0 Å². The van der Waals surface area contributed by atoms with Crippen molar-refractivity contribution in [2.75, 3.05) is 12.0 Å². The van der Waals surface area contributed by atoms with Crippen molar-refractivity contribution in [3.05, 3.63) is 64.6 Å². The molecule has 0 spiro atoms. The predicted molar refractivity (Wildman–Crippen MR) is 106 cm³/mol. The molecule has 1 aliphatic rings. The van der Waals surface area contributed by atoms with E-state index in [0.29, 0.717) is 26.2 Å². The molecule has 1 N–H and O–H groups in total. The summed E-state index contributed by atoms with van der Waals surface area (Å²) in [5.74, 6) is -0.434. The zero-order chi connectivity index (χ0) is 18.7. The Morgan fingerprint density at radius 1 is 1.23 bits per heavy atom.